The second kappa shape index (κ2) is 5.87. The minimum Gasteiger partial charge on any atom is -0.480 e. The van der Waals surface area contributed by atoms with Crippen molar-refractivity contribution in [2.75, 3.05) is 0 Å². The number of aliphatic carboxylic acids is 1. The van der Waals surface area contributed by atoms with Gasteiger partial charge < -0.3 is 10.4 Å². The zero-order valence-electron chi connectivity index (χ0n) is 10.0. The summed E-state index contributed by atoms with van der Waals surface area (Å²) in [5.74, 6) is -0.610. The fourth-order valence-electron chi connectivity index (χ4n) is 2.36. The fourth-order valence-corrected chi connectivity index (χ4v) is 2.36. The van der Waals surface area contributed by atoms with Crippen LogP contribution < -0.4 is 5.32 Å². The van der Waals surface area contributed by atoms with Crippen LogP contribution >= 0.6 is 0 Å². The van der Waals surface area contributed by atoms with Gasteiger partial charge in [0, 0.05) is 5.92 Å². The van der Waals surface area contributed by atoms with Crippen molar-refractivity contribution in [3.63, 3.8) is 0 Å². The zero-order chi connectivity index (χ0) is 12.1. The lowest BCUT2D eigenvalue weighted by atomic mass is 9.96. The first-order valence-corrected chi connectivity index (χ1v) is 6.09. The third-order valence-electron chi connectivity index (χ3n) is 3.39. The van der Waals surface area contributed by atoms with Crippen LogP contribution in [0, 0.1) is 11.8 Å². The van der Waals surface area contributed by atoms with Crippen molar-refractivity contribution in [1.82, 2.24) is 5.32 Å². The lowest BCUT2D eigenvalue weighted by Crippen LogP contribution is -2.44. The Bertz CT molecular complexity index is 265. The molecular formula is C12H21NO3. The molecule has 1 saturated carbocycles. The van der Waals surface area contributed by atoms with Gasteiger partial charge in [0.05, 0.1) is 0 Å². The summed E-state index contributed by atoms with van der Waals surface area (Å²) in [5.41, 5.74) is 0. The SMILES string of the molecule is CCC[C@@H](NC(=O)C1CCCC1C)C(=O)O. The molecule has 0 saturated heterocycles. The van der Waals surface area contributed by atoms with E-state index in [0.717, 1.165) is 25.7 Å². The molecule has 3 atom stereocenters. The number of rotatable bonds is 5. The highest BCUT2D eigenvalue weighted by molar-refractivity contribution is 5.85. The van der Waals surface area contributed by atoms with E-state index >= 15 is 0 Å². The van der Waals surface area contributed by atoms with Gasteiger partial charge in [0.15, 0.2) is 0 Å². The number of nitrogens with one attached hydrogen (secondary N) is 1. The van der Waals surface area contributed by atoms with E-state index in [2.05, 4.69) is 12.2 Å². The molecule has 0 aromatic carbocycles. The van der Waals surface area contributed by atoms with Crippen molar-refractivity contribution in [1.29, 1.82) is 0 Å². The van der Waals surface area contributed by atoms with E-state index in [4.69, 9.17) is 5.11 Å². The van der Waals surface area contributed by atoms with Gasteiger partial charge in [0.25, 0.3) is 0 Å². The van der Waals surface area contributed by atoms with Gasteiger partial charge in [-0.1, -0.05) is 26.7 Å². The first-order chi connectivity index (χ1) is 7.56. The molecule has 1 fully saturated rings. The van der Waals surface area contributed by atoms with Crippen LogP contribution in [0.2, 0.25) is 0 Å². The van der Waals surface area contributed by atoms with E-state index in [0.29, 0.717) is 12.3 Å². The molecule has 2 unspecified atom stereocenters. The van der Waals surface area contributed by atoms with Gasteiger partial charge in [-0.3, -0.25) is 4.79 Å². The molecule has 1 rings (SSSR count). The molecule has 16 heavy (non-hydrogen) atoms. The highest BCUT2D eigenvalue weighted by Crippen LogP contribution is 2.31. The summed E-state index contributed by atoms with van der Waals surface area (Å²) in [6.07, 6.45) is 4.31. The fraction of sp³-hybridized carbons (Fsp3) is 0.833. The minimum absolute atomic E-state index is 0.0127. The Morgan fingerprint density at radius 2 is 2.12 bits per heavy atom. The second-order valence-electron chi connectivity index (χ2n) is 4.70. The van der Waals surface area contributed by atoms with E-state index in [-0.39, 0.29) is 11.8 Å². The van der Waals surface area contributed by atoms with E-state index in [9.17, 15) is 9.59 Å². The molecule has 1 aliphatic rings. The Morgan fingerprint density at radius 3 is 2.56 bits per heavy atom. The number of hydrogen-bond donors (Lipinski definition) is 2. The van der Waals surface area contributed by atoms with Crippen LogP contribution in [0.4, 0.5) is 0 Å². The van der Waals surface area contributed by atoms with Crippen LogP contribution in [0.15, 0.2) is 0 Å². The number of carbonyl (C=O) groups is 2. The van der Waals surface area contributed by atoms with Crippen LogP contribution in [0.1, 0.15) is 46.0 Å². The molecule has 4 heteroatoms. The largest absolute Gasteiger partial charge is 0.480 e. The lowest BCUT2D eigenvalue weighted by Gasteiger charge is -2.19. The van der Waals surface area contributed by atoms with Crippen molar-refractivity contribution in [3.8, 4) is 0 Å². The van der Waals surface area contributed by atoms with Gasteiger partial charge in [0.2, 0.25) is 5.91 Å². The quantitative estimate of drug-likeness (QED) is 0.752. The Labute approximate surface area is 96.4 Å². The van der Waals surface area contributed by atoms with Crippen LogP contribution in [0.3, 0.4) is 0 Å². The average Bonchev–Trinajstić information content (AvgIpc) is 2.63. The van der Waals surface area contributed by atoms with E-state index in [1.807, 2.05) is 6.92 Å². The predicted molar refractivity (Wildman–Crippen MR) is 61.0 cm³/mol. The van der Waals surface area contributed by atoms with Crippen molar-refractivity contribution < 1.29 is 14.7 Å². The summed E-state index contributed by atoms with van der Waals surface area (Å²) in [5, 5.41) is 11.6. The van der Waals surface area contributed by atoms with Gasteiger partial charge >= 0.3 is 5.97 Å². The highest BCUT2D eigenvalue weighted by Gasteiger charge is 2.31. The van der Waals surface area contributed by atoms with Crippen molar-refractivity contribution >= 4 is 11.9 Å². The lowest BCUT2D eigenvalue weighted by molar-refractivity contribution is -0.142. The summed E-state index contributed by atoms with van der Waals surface area (Å²) in [7, 11) is 0. The molecule has 1 aliphatic carbocycles. The first-order valence-electron chi connectivity index (χ1n) is 6.09. The topological polar surface area (TPSA) is 66.4 Å². The minimum atomic E-state index is -0.930. The second-order valence-corrected chi connectivity index (χ2v) is 4.70. The van der Waals surface area contributed by atoms with Crippen LogP contribution in [-0.2, 0) is 9.59 Å². The maximum absolute atomic E-state index is 11.9. The molecule has 2 N–H and O–H groups in total. The molecule has 0 aliphatic heterocycles. The molecule has 0 spiro atoms. The number of amides is 1. The van der Waals surface area contributed by atoms with Crippen LogP contribution in [0.5, 0.6) is 0 Å². The van der Waals surface area contributed by atoms with Crippen molar-refractivity contribution in [2.45, 2.75) is 52.0 Å². The monoisotopic (exact) mass is 227 g/mol. The molecular weight excluding hydrogens is 206 g/mol. The molecule has 0 bridgehead atoms. The molecule has 0 radical (unpaired) electrons. The summed E-state index contributed by atoms with van der Waals surface area (Å²) in [4.78, 5) is 22.8. The Hall–Kier alpha value is -1.06. The molecule has 0 aromatic heterocycles. The van der Waals surface area contributed by atoms with Gasteiger partial charge in [0.1, 0.15) is 6.04 Å². The first kappa shape index (κ1) is 13.0. The van der Waals surface area contributed by atoms with E-state index in [1.54, 1.807) is 0 Å². The summed E-state index contributed by atoms with van der Waals surface area (Å²) in [6, 6.07) is -0.717. The van der Waals surface area contributed by atoms with Gasteiger partial charge in [-0.2, -0.15) is 0 Å². The van der Waals surface area contributed by atoms with Gasteiger partial charge in [-0.15, -0.1) is 0 Å². The third kappa shape index (κ3) is 3.22. The zero-order valence-corrected chi connectivity index (χ0v) is 10.0. The number of carbonyl (C=O) groups excluding carboxylic acids is 1. The maximum atomic E-state index is 11.9. The number of carboxylic acids is 1. The Morgan fingerprint density at radius 1 is 1.44 bits per heavy atom. The summed E-state index contributed by atoms with van der Waals surface area (Å²) in [6.45, 7) is 3.98. The molecule has 0 heterocycles. The smallest absolute Gasteiger partial charge is 0.326 e. The molecule has 1 amide bonds. The van der Waals surface area contributed by atoms with Gasteiger partial charge in [-0.05, 0) is 25.2 Å². The van der Waals surface area contributed by atoms with E-state index < -0.39 is 12.0 Å². The standard InChI is InChI=1S/C12H21NO3/c1-3-5-10(12(15)16)13-11(14)9-7-4-6-8(9)2/h8-10H,3-7H2,1-2H3,(H,13,14)(H,15,16)/t8?,9?,10-/m1/s1. The van der Waals surface area contributed by atoms with E-state index in [1.165, 1.54) is 0 Å². The summed E-state index contributed by atoms with van der Waals surface area (Å²) < 4.78 is 0. The average molecular weight is 227 g/mol. The van der Waals surface area contributed by atoms with Crippen molar-refractivity contribution in [3.05, 3.63) is 0 Å². The number of carboxylic acid groups (broad SMARTS) is 1. The number of hydrogen-bond acceptors (Lipinski definition) is 2. The van der Waals surface area contributed by atoms with Crippen LogP contribution in [-0.4, -0.2) is 23.0 Å². The van der Waals surface area contributed by atoms with Crippen molar-refractivity contribution in [2.24, 2.45) is 11.8 Å². The Kier molecular flexibility index (Phi) is 4.77. The molecule has 4 nitrogen and oxygen atoms in total. The molecule has 0 aromatic rings. The Balaban J connectivity index is 2.50. The van der Waals surface area contributed by atoms with Gasteiger partial charge in [-0.25, -0.2) is 4.79 Å². The predicted octanol–water partition coefficient (Wildman–Crippen LogP) is 1.79. The third-order valence-corrected chi connectivity index (χ3v) is 3.39. The summed E-state index contributed by atoms with van der Waals surface area (Å²) >= 11 is 0. The van der Waals surface area contributed by atoms with Crippen LogP contribution in [0.25, 0.3) is 0 Å². The normalized spacial score (nSPS) is 26.4. The molecule has 92 valence electrons. The highest BCUT2D eigenvalue weighted by atomic mass is 16.4. The maximum Gasteiger partial charge on any atom is 0.326 e.